The minimum atomic E-state index is -3.88. The number of nitrogens with one attached hydrogen (secondary N) is 1. The number of benzene rings is 1. The van der Waals surface area contributed by atoms with Gasteiger partial charge in [-0.2, -0.15) is 5.10 Å². The molecule has 8 heteroatoms. The number of anilines is 1. The van der Waals surface area contributed by atoms with Crippen LogP contribution in [0.4, 0.5) is 5.69 Å². The lowest BCUT2D eigenvalue weighted by Crippen LogP contribution is -2.25. The van der Waals surface area contributed by atoms with Gasteiger partial charge in [0.2, 0.25) is 0 Å². The molecule has 0 amide bonds. The molecule has 1 N–H and O–H groups in total. The van der Waals surface area contributed by atoms with Crippen LogP contribution in [0, 0.1) is 20.8 Å². The summed E-state index contributed by atoms with van der Waals surface area (Å²) in [5.74, 6) is 0. The topological polar surface area (TPSA) is 64.0 Å². The third-order valence-corrected chi connectivity index (χ3v) is 6.05. The van der Waals surface area contributed by atoms with E-state index in [1.165, 1.54) is 0 Å². The Morgan fingerprint density at radius 1 is 1.12 bits per heavy atom. The zero-order valence-electron chi connectivity index (χ0n) is 14.5. The van der Waals surface area contributed by atoms with Crippen molar-refractivity contribution < 1.29 is 8.42 Å². The Balaban J connectivity index is 2.58. The number of hydrogen-bond donors (Lipinski definition) is 1. The molecule has 0 fully saturated rings. The van der Waals surface area contributed by atoms with Crippen LogP contribution in [0.1, 0.15) is 37.7 Å². The molecule has 1 heterocycles. The van der Waals surface area contributed by atoms with E-state index in [1.807, 2.05) is 20.8 Å². The van der Waals surface area contributed by atoms with Gasteiger partial charge in [0.25, 0.3) is 10.0 Å². The van der Waals surface area contributed by atoms with Gasteiger partial charge in [0, 0.05) is 0 Å². The van der Waals surface area contributed by atoms with Crippen LogP contribution in [-0.4, -0.2) is 18.2 Å². The number of rotatable bonds is 3. The molecule has 0 aliphatic rings. The smallest absolute Gasteiger partial charge is 0.265 e. The minimum Gasteiger partial charge on any atom is -0.276 e. The lowest BCUT2D eigenvalue weighted by atomic mass is 10.1. The van der Waals surface area contributed by atoms with Crippen molar-refractivity contribution in [1.82, 2.24) is 9.78 Å². The van der Waals surface area contributed by atoms with Gasteiger partial charge in [-0.25, -0.2) is 8.42 Å². The van der Waals surface area contributed by atoms with Crippen molar-refractivity contribution >= 4 is 38.9 Å². The second-order valence-electron chi connectivity index (χ2n) is 6.74. The molecule has 0 aliphatic carbocycles. The van der Waals surface area contributed by atoms with E-state index in [0.717, 1.165) is 5.56 Å². The molecule has 5 nitrogen and oxygen atoms in total. The largest absolute Gasteiger partial charge is 0.276 e. The van der Waals surface area contributed by atoms with E-state index in [0.29, 0.717) is 11.4 Å². The molecule has 1 aromatic carbocycles. The first-order valence-corrected chi connectivity index (χ1v) is 9.64. The zero-order chi connectivity index (χ0) is 18.4. The van der Waals surface area contributed by atoms with E-state index >= 15 is 0 Å². The summed E-state index contributed by atoms with van der Waals surface area (Å²) in [6.45, 7) is 11.1. The van der Waals surface area contributed by atoms with Crippen LogP contribution < -0.4 is 4.72 Å². The summed E-state index contributed by atoms with van der Waals surface area (Å²) in [4.78, 5) is 0.145. The SMILES string of the molecule is Cc1ccc(Cl)c(NS(=O)(=O)c2c(C)nn(C(C)(C)C)c2C)c1Cl. The zero-order valence-corrected chi connectivity index (χ0v) is 16.9. The Morgan fingerprint density at radius 2 is 1.71 bits per heavy atom. The first-order valence-electron chi connectivity index (χ1n) is 7.40. The summed E-state index contributed by atoms with van der Waals surface area (Å²) in [5.41, 5.74) is 1.57. The van der Waals surface area contributed by atoms with E-state index in [2.05, 4.69) is 9.82 Å². The molecule has 1 aromatic heterocycles. The minimum absolute atomic E-state index is 0.145. The molecule has 0 aliphatic heterocycles. The lowest BCUT2D eigenvalue weighted by molar-refractivity contribution is 0.345. The highest BCUT2D eigenvalue weighted by atomic mass is 35.5. The Labute approximate surface area is 153 Å². The lowest BCUT2D eigenvalue weighted by Gasteiger charge is -2.21. The van der Waals surface area contributed by atoms with Crippen LogP contribution in [-0.2, 0) is 15.6 Å². The maximum atomic E-state index is 12.9. The summed E-state index contributed by atoms with van der Waals surface area (Å²) in [7, 11) is -3.88. The van der Waals surface area contributed by atoms with Crippen LogP contribution in [0.2, 0.25) is 10.0 Å². The van der Waals surface area contributed by atoms with E-state index < -0.39 is 10.0 Å². The molecule has 24 heavy (non-hydrogen) atoms. The van der Waals surface area contributed by atoms with Gasteiger partial charge in [0.05, 0.1) is 32.7 Å². The van der Waals surface area contributed by atoms with Gasteiger partial charge in [-0.15, -0.1) is 0 Å². The molecular formula is C16H21Cl2N3O2S. The number of hydrogen-bond acceptors (Lipinski definition) is 3. The molecule has 0 spiro atoms. The summed E-state index contributed by atoms with van der Waals surface area (Å²) >= 11 is 12.3. The van der Waals surface area contributed by atoms with Gasteiger partial charge in [-0.1, -0.05) is 29.3 Å². The van der Waals surface area contributed by atoms with Crippen LogP contribution >= 0.6 is 23.2 Å². The molecule has 0 saturated heterocycles. The fourth-order valence-electron chi connectivity index (χ4n) is 2.61. The monoisotopic (exact) mass is 389 g/mol. The van der Waals surface area contributed by atoms with E-state index in [1.54, 1.807) is 37.6 Å². The van der Waals surface area contributed by atoms with E-state index in [4.69, 9.17) is 23.2 Å². The summed E-state index contributed by atoms with van der Waals surface area (Å²) in [6, 6.07) is 3.34. The Morgan fingerprint density at radius 3 is 2.21 bits per heavy atom. The van der Waals surface area contributed by atoms with Crippen molar-refractivity contribution in [2.24, 2.45) is 0 Å². The maximum absolute atomic E-state index is 12.9. The maximum Gasteiger partial charge on any atom is 0.265 e. The van der Waals surface area contributed by atoms with Crippen molar-refractivity contribution in [2.75, 3.05) is 4.72 Å². The van der Waals surface area contributed by atoms with E-state index in [-0.39, 0.29) is 26.2 Å². The second-order valence-corrected chi connectivity index (χ2v) is 9.15. The third-order valence-electron chi connectivity index (χ3n) is 3.65. The van der Waals surface area contributed by atoms with E-state index in [9.17, 15) is 8.42 Å². The van der Waals surface area contributed by atoms with Gasteiger partial charge in [-0.05, 0) is 53.2 Å². The molecule has 0 radical (unpaired) electrons. The van der Waals surface area contributed by atoms with Gasteiger partial charge in [0.1, 0.15) is 4.90 Å². The Kier molecular flexibility index (Phi) is 4.97. The molecule has 2 rings (SSSR count). The van der Waals surface area contributed by atoms with Crippen molar-refractivity contribution in [3.05, 3.63) is 39.1 Å². The highest BCUT2D eigenvalue weighted by Crippen LogP contribution is 2.35. The summed E-state index contributed by atoms with van der Waals surface area (Å²) in [5, 5.41) is 4.91. The summed E-state index contributed by atoms with van der Waals surface area (Å²) in [6.07, 6.45) is 0. The van der Waals surface area contributed by atoms with Crippen LogP contribution in [0.25, 0.3) is 0 Å². The highest BCUT2D eigenvalue weighted by molar-refractivity contribution is 7.92. The number of nitrogens with zero attached hydrogens (tertiary/aromatic N) is 2. The van der Waals surface area contributed by atoms with Crippen molar-refractivity contribution in [3.8, 4) is 0 Å². The number of halogens is 2. The quantitative estimate of drug-likeness (QED) is 0.828. The van der Waals surface area contributed by atoms with Crippen LogP contribution in [0.3, 0.4) is 0 Å². The summed E-state index contributed by atoms with van der Waals surface area (Å²) < 4.78 is 30.1. The van der Waals surface area contributed by atoms with Gasteiger partial charge in [-0.3, -0.25) is 9.40 Å². The number of aryl methyl sites for hydroxylation is 2. The van der Waals surface area contributed by atoms with Crippen molar-refractivity contribution in [1.29, 1.82) is 0 Å². The Bertz CT molecular complexity index is 897. The Hall–Kier alpha value is -1.24. The first-order chi connectivity index (χ1) is 10.9. The molecule has 0 saturated carbocycles. The second kappa shape index (κ2) is 6.24. The normalized spacial score (nSPS) is 12.5. The molecule has 0 unspecified atom stereocenters. The molecule has 2 aromatic rings. The fourth-order valence-corrected chi connectivity index (χ4v) is 4.67. The number of aromatic nitrogens is 2. The van der Waals surface area contributed by atoms with Crippen molar-refractivity contribution in [3.63, 3.8) is 0 Å². The molecule has 0 bridgehead atoms. The average Bonchev–Trinajstić information content (AvgIpc) is 2.75. The predicted octanol–water partition coefficient (Wildman–Crippen LogP) is 4.67. The molecular weight excluding hydrogens is 369 g/mol. The number of sulfonamides is 1. The van der Waals surface area contributed by atoms with Crippen LogP contribution in [0.5, 0.6) is 0 Å². The first kappa shape index (κ1) is 19.1. The fraction of sp³-hybridized carbons (Fsp3) is 0.438. The van der Waals surface area contributed by atoms with Gasteiger partial charge in [0.15, 0.2) is 0 Å². The van der Waals surface area contributed by atoms with Gasteiger partial charge >= 0.3 is 0 Å². The third kappa shape index (κ3) is 3.41. The standard InChI is InChI=1S/C16H21Cl2N3O2S/c1-9-7-8-12(17)14(13(9)18)20-24(22,23)15-10(2)19-21(11(15)3)16(4,5)6/h7-8,20H,1-6H3. The van der Waals surface area contributed by atoms with Gasteiger partial charge < -0.3 is 0 Å². The average molecular weight is 390 g/mol. The van der Waals surface area contributed by atoms with Crippen molar-refractivity contribution in [2.45, 2.75) is 52.0 Å². The predicted molar refractivity (Wildman–Crippen MR) is 98.7 cm³/mol. The highest BCUT2D eigenvalue weighted by Gasteiger charge is 2.29. The van der Waals surface area contributed by atoms with Crippen LogP contribution in [0.15, 0.2) is 17.0 Å². The molecule has 0 atom stereocenters. The molecule has 132 valence electrons.